The maximum atomic E-state index is 12.6. The topological polar surface area (TPSA) is 91.8 Å². The van der Waals surface area contributed by atoms with E-state index in [1.165, 1.54) is 4.90 Å². The fourth-order valence-corrected chi connectivity index (χ4v) is 3.45. The second-order valence-corrected chi connectivity index (χ2v) is 7.11. The summed E-state index contributed by atoms with van der Waals surface area (Å²) in [6.07, 6.45) is 1.29. The number of nitrogens with one attached hydrogen (secondary N) is 1. The van der Waals surface area contributed by atoms with E-state index in [1.807, 2.05) is 37.3 Å². The number of nitrogens with zero attached hydrogens (tertiary/aromatic N) is 2. The summed E-state index contributed by atoms with van der Waals surface area (Å²) in [5.74, 6) is 0.0756. The number of hydrogen-bond acceptors (Lipinski definition) is 4. The van der Waals surface area contributed by atoms with E-state index in [0.29, 0.717) is 18.1 Å². The van der Waals surface area contributed by atoms with E-state index in [4.69, 9.17) is 4.74 Å². The molecule has 152 valence electrons. The molecule has 1 unspecified atom stereocenters. The highest BCUT2D eigenvalue weighted by Crippen LogP contribution is 2.43. The average molecular weight is 403 g/mol. The van der Waals surface area contributed by atoms with Crippen molar-refractivity contribution in [2.24, 2.45) is 0 Å². The molecule has 1 atom stereocenters. The van der Waals surface area contributed by atoms with Crippen LogP contribution in [0.15, 0.2) is 60.8 Å². The summed E-state index contributed by atoms with van der Waals surface area (Å²) in [4.78, 5) is 29.7. The molecule has 4 rings (SSSR count). The van der Waals surface area contributed by atoms with Gasteiger partial charge >= 0.3 is 12.0 Å². The van der Waals surface area contributed by atoms with E-state index < -0.39 is 5.97 Å². The third kappa shape index (κ3) is 3.69. The highest BCUT2D eigenvalue weighted by molar-refractivity contribution is 5.92. The van der Waals surface area contributed by atoms with Crippen LogP contribution >= 0.6 is 0 Å². The lowest BCUT2D eigenvalue weighted by atomic mass is 9.92. The SMILES string of the molecule is CC1Oc2cnc(N(C)C(=O)NCc3ccccc3)cc2-c2ccc(C(=O)O)cc21. The number of fused-ring (bicyclic) bond motifs is 3. The van der Waals surface area contributed by atoms with Gasteiger partial charge in [0, 0.05) is 24.7 Å². The molecule has 2 N–H and O–H groups in total. The van der Waals surface area contributed by atoms with Gasteiger partial charge in [0.15, 0.2) is 0 Å². The standard InChI is InChI=1S/C23H21N3O4/c1-14-18-10-16(22(27)28)8-9-17(18)19-11-21(24-13-20(19)30-14)26(2)23(29)25-12-15-6-4-3-5-7-15/h3-11,13-14H,12H2,1-2H3,(H,25,29)(H,27,28). The molecule has 0 saturated carbocycles. The molecule has 0 aliphatic carbocycles. The van der Waals surface area contributed by atoms with Gasteiger partial charge in [-0.3, -0.25) is 4.90 Å². The molecule has 0 saturated heterocycles. The summed E-state index contributed by atoms with van der Waals surface area (Å²) in [6, 6.07) is 16.1. The van der Waals surface area contributed by atoms with Crippen molar-refractivity contribution in [1.29, 1.82) is 0 Å². The van der Waals surface area contributed by atoms with E-state index in [-0.39, 0.29) is 17.7 Å². The van der Waals surface area contributed by atoms with E-state index in [1.54, 1.807) is 37.5 Å². The molecule has 3 aromatic rings. The fraction of sp³-hybridized carbons (Fsp3) is 0.174. The number of anilines is 1. The van der Waals surface area contributed by atoms with Crippen molar-refractivity contribution in [3.63, 3.8) is 0 Å². The second kappa shape index (κ2) is 7.87. The van der Waals surface area contributed by atoms with Gasteiger partial charge in [0.25, 0.3) is 0 Å². The summed E-state index contributed by atoms with van der Waals surface area (Å²) in [5, 5.41) is 12.2. The number of carboxylic acids is 1. The molecular formula is C23H21N3O4. The van der Waals surface area contributed by atoms with E-state index in [0.717, 1.165) is 22.3 Å². The summed E-state index contributed by atoms with van der Waals surface area (Å²) in [6.45, 7) is 2.28. The lowest BCUT2D eigenvalue weighted by Crippen LogP contribution is -2.37. The number of benzene rings is 2. The second-order valence-electron chi connectivity index (χ2n) is 7.11. The van der Waals surface area contributed by atoms with E-state index in [9.17, 15) is 14.7 Å². The van der Waals surface area contributed by atoms with Crippen LogP contribution in [0, 0.1) is 0 Å². The Morgan fingerprint density at radius 3 is 2.63 bits per heavy atom. The minimum Gasteiger partial charge on any atom is -0.484 e. The van der Waals surface area contributed by atoms with Crippen molar-refractivity contribution >= 4 is 17.8 Å². The number of hydrogen-bond donors (Lipinski definition) is 2. The van der Waals surface area contributed by atoms with Gasteiger partial charge < -0.3 is 15.2 Å². The smallest absolute Gasteiger partial charge is 0.335 e. The maximum Gasteiger partial charge on any atom is 0.335 e. The molecule has 7 heteroatoms. The highest BCUT2D eigenvalue weighted by Gasteiger charge is 2.26. The third-order valence-electron chi connectivity index (χ3n) is 5.12. The molecule has 7 nitrogen and oxygen atoms in total. The lowest BCUT2D eigenvalue weighted by molar-refractivity contribution is 0.0696. The molecule has 30 heavy (non-hydrogen) atoms. The molecule has 2 aromatic carbocycles. The number of pyridine rings is 1. The van der Waals surface area contributed by atoms with Crippen LogP contribution in [0.2, 0.25) is 0 Å². The van der Waals surface area contributed by atoms with Gasteiger partial charge in [0.1, 0.15) is 17.7 Å². The van der Waals surface area contributed by atoms with Gasteiger partial charge in [-0.1, -0.05) is 36.4 Å². The maximum absolute atomic E-state index is 12.6. The molecular weight excluding hydrogens is 382 g/mol. The predicted molar refractivity (Wildman–Crippen MR) is 113 cm³/mol. The minimum absolute atomic E-state index is 0.208. The van der Waals surface area contributed by atoms with E-state index >= 15 is 0 Å². The number of rotatable bonds is 4. The average Bonchev–Trinajstić information content (AvgIpc) is 2.77. The molecule has 0 bridgehead atoms. The largest absolute Gasteiger partial charge is 0.484 e. The highest BCUT2D eigenvalue weighted by atomic mass is 16.5. The van der Waals surface area contributed by atoms with Crippen LogP contribution < -0.4 is 15.0 Å². The Kier molecular flexibility index (Phi) is 5.10. The number of ether oxygens (including phenoxy) is 1. The zero-order valence-electron chi connectivity index (χ0n) is 16.6. The zero-order chi connectivity index (χ0) is 21.3. The first-order valence-corrected chi connectivity index (χ1v) is 9.54. The summed E-state index contributed by atoms with van der Waals surface area (Å²) >= 11 is 0. The Balaban J connectivity index is 1.59. The lowest BCUT2D eigenvalue weighted by Gasteiger charge is -2.27. The number of amides is 2. The van der Waals surface area contributed by atoms with Crippen LogP contribution in [-0.4, -0.2) is 29.1 Å². The van der Waals surface area contributed by atoms with Crippen molar-refractivity contribution in [1.82, 2.24) is 10.3 Å². The summed E-state index contributed by atoms with van der Waals surface area (Å²) < 4.78 is 5.92. The first-order chi connectivity index (χ1) is 14.4. The number of aromatic carboxylic acids is 1. The van der Waals surface area contributed by atoms with Crippen LogP contribution in [0.5, 0.6) is 5.75 Å². The Morgan fingerprint density at radius 2 is 1.90 bits per heavy atom. The van der Waals surface area contributed by atoms with Gasteiger partial charge in [-0.15, -0.1) is 0 Å². The van der Waals surface area contributed by atoms with Crippen LogP contribution in [0.3, 0.4) is 0 Å². The zero-order valence-corrected chi connectivity index (χ0v) is 16.6. The summed E-state index contributed by atoms with van der Waals surface area (Å²) in [5.41, 5.74) is 3.64. The quantitative estimate of drug-likeness (QED) is 0.680. The van der Waals surface area contributed by atoms with Crippen molar-refractivity contribution in [2.45, 2.75) is 19.6 Å². The molecule has 2 amide bonds. The Hall–Kier alpha value is -3.87. The fourth-order valence-electron chi connectivity index (χ4n) is 3.45. The molecule has 2 heterocycles. The number of carbonyl (C=O) groups excluding carboxylic acids is 1. The molecule has 0 radical (unpaired) electrons. The number of urea groups is 1. The Labute approximate surface area is 173 Å². The molecule has 1 aromatic heterocycles. The molecule has 1 aliphatic rings. The molecule has 0 fully saturated rings. The van der Waals surface area contributed by atoms with Crippen molar-refractivity contribution < 1.29 is 19.4 Å². The Bertz CT molecular complexity index is 1110. The van der Waals surface area contributed by atoms with Crippen LogP contribution in [0.25, 0.3) is 11.1 Å². The predicted octanol–water partition coefficient (Wildman–Crippen LogP) is 4.25. The van der Waals surface area contributed by atoms with E-state index in [2.05, 4.69) is 10.3 Å². The summed E-state index contributed by atoms with van der Waals surface area (Å²) in [7, 11) is 1.65. The van der Waals surface area contributed by atoms with Crippen molar-refractivity contribution in [3.05, 3.63) is 77.5 Å². The van der Waals surface area contributed by atoms with Gasteiger partial charge in [-0.25, -0.2) is 14.6 Å². The number of aromatic nitrogens is 1. The van der Waals surface area contributed by atoms with Crippen LogP contribution in [0.4, 0.5) is 10.6 Å². The number of carboxylic acid groups (broad SMARTS) is 1. The van der Waals surface area contributed by atoms with Gasteiger partial charge in [-0.05, 0) is 36.2 Å². The van der Waals surface area contributed by atoms with Crippen LogP contribution in [-0.2, 0) is 6.54 Å². The minimum atomic E-state index is -0.985. The monoisotopic (exact) mass is 403 g/mol. The van der Waals surface area contributed by atoms with Gasteiger partial charge in [0.05, 0.1) is 11.8 Å². The van der Waals surface area contributed by atoms with Gasteiger partial charge in [0.2, 0.25) is 0 Å². The van der Waals surface area contributed by atoms with Crippen LogP contribution in [0.1, 0.15) is 34.5 Å². The first-order valence-electron chi connectivity index (χ1n) is 9.54. The van der Waals surface area contributed by atoms with Gasteiger partial charge in [-0.2, -0.15) is 0 Å². The third-order valence-corrected chi connectivity index (χ3v) is 5.12. The van der Waals surface area contributed by atoms with Crippen molar-refractivity contribution in [2.75, 3.05) is 11.9 Å². The normalized spacial score (nSPS) is 14.1. The molecule has 1 aliphatic heterocycles. The molecule has 0 spiro atoms. The first kappa shape index (κ1) is 19.4. The van der Waals surface area contributed by atoms with Crippen molar-refractivity contribution in [3.8, 4) is 16.9 Å². The Morgan fingerprint density at radius 1 is 1.13 bits per heavy atom. The number of carbonyl (C=O) groups is 2.